The number of para-hydroxylation sites is 2. The molecule has 2 heterocycles. The Balaban J connectivity index is 1.09. The Labute approximate surface area is 326 Å². The van der Waals surface area contributed by atoms with Crippen LogP contribution in [-0.2, 0) is 0 Å². The highest BCUT2D eigenvalue weighted by Gasteiger charge is 2.23. The van der Waals surface area contributed by atoms with Crippen LogP contribution < -0.4 is 0 Å². The van der Waals surface area contributed by atoms with Gasteiger partial charge in [0.1, 0.15) is 0 Å². The minimum Gasteiger partial charge on any atom is -0.333 e. The van der Waals surface area contributed by atoms with Crippen molar-refractivity contribution in [3.05, 3.63) is 223 Å². The van der Waals surface area contributed by atoms with Gasteiger partial charge in [-0.05, 0) is 87.3 Å². The maximum atomic E-state index is 2.59. The fourth-order valence-electron chi connectivity index (χ4n) is 9.04. The van der Waals surface area contributed by atoms with Crippen LogP contribution in [0, 0.1) is 0 Å². The zero-order valence-corrected chi connectivity index (χ0v) is 30.9. The lowest BCUT2D eigenvalue weighted by molar-refractivity contribution is 0.658. The van der Waals surface area contributed by atoms with Crippen molar-refractivity contribution in [2.75, 3.05) is 0 Å². The van der Waals surface area contributed by atoms with Gasteiger partial charge >= 0.3 is 0 Å². The second kappa shape index (κ2) is 13.3. The van der Waals surface area contributed by atoms with E-state index in [1.54, 1.807) is 0 Å². The quantitative estimate of drug-likeness (QED) is 0.162. The molecule has 0 radical (unpaired) electrons. The molecule has 0 saturated heterocycles. The van der Waals surface area contributed by atoms with Crippen LogP contribution in [0.4, 0.5) is 0 Å². The Morgan fingerprint density at radius 1 is 0.357 bits per heavy atom. The molecular weight excluding hydrogens is 677 g/mol. The molecule has 56 heavy (non-hydrogen) atoms. The van der Waals surface area contributed by atoms with Gasteiger partial charge in [-0.3, -0.25) is 0 Å². The van der Waals surface area contributed by atoms with E-state index in [1.807, 2.05) is 0 Å². The zero-order valence-electron chi connectivity index (χ0n) is 30.9. The van der Waals surface area contributed by atoms with E-state index >= 15 is 0 Å². The molecule has 1 unspecified atom stereocenters. The molecule has 0 N–H and O–H groups in total. The number of rotatable bonds is 6. The summed E-state index contributed by atoms with van der Waals surface area (Å²) in [4.78, 5) is 0. The Kier molecular flexibility index (Phi) is 7.67. The Morgan fingerprint density at radius 2 is 0.875 bits per heavy atom. The van der Waals surface area contributed by atoms with Gasteiger partial charge in [0.15, 0.2) is 0 Å². The Bertz CT molecular complexity index is 3140. The van der Waals surface area contributed by atoms with Crippen molar-refractivity contribution >= 4 is 54.8 Å². The van der Waals surface area contributed by atoms with Crippen LogP contribution in [0.3, 0.4) is 0 Å². The van der Waals surface area contributed by atoms with E-state index in [0.29, 0.717) is 0 Å². The normalized spacial score (nSPS) is 14.4. The van der Waals surface area contributed by atoms with Gasteiger partial charge in [-0.25, -0.2) is 0 Å². The molecule has 10 aromatic rings. The highest BCUT2D eigenvalue weighted by Crippen LogP contribution is 2.43. The molecule has 1 aliphatic carbocycles. The number of allylic oxidation sites excluding steroid dienone is 4. The van der Waals surface area contributed by atoms with E-state index in [-0.39, 0.29) is 6.04 Å². The first-order valence-electron chi connectivity index (χ1n) is 19.5. The fourth-order valence-corrected chi connectivity index (χ4v) is 9.04. The molecule has 0 fully saturated rings. The Hall–Kier alpha value is -7.16. The van der Waals surface area contributed by atoms with Crippen LogP contribution in [0.1, 0.15) is 23.6 Å². The average molecular weight is 715 g/mol. The molecule has 0 spiro atoms. The van der Waals surface area contributed by atoms with Crippen molar-refractivity contribution in [3.8, 4) is 27.9 Å². The van der Waals surface area contributed by atoms with E-state index < -0.39 is 0 Å². The number of hydrogen-bond donors (Lipinski definition) is 0. The van der Waals surface area contributed by atoms with Crippen molar-refractivity contribution in [2.45, 2.75) is 12.5 Å². The summed E-state index contributed by atoms with van der Waals surface area (Å²) >= 11 is 0. The first-order valence-corrected chi connectivity index (χ1v) is 19.5. The van der Waals surface area contributed by atoms with Gasteiger partial charge < -0.3 is 9.13 Å². The molecule has 0 aliphatic heterocycles. The minimum atomic E-state index is 0.130. The lowest BCUT2D eigenvalue weighted by Gasteiger charge is -2.26. The molecule has 0 amide bonds. The standard InChI is InChI=1S/C54H38N2/c1-4-15-37(16-5-1)40-21-14-22-45(32-40)55-51-25-12-10-23-47(51)49-29-27-41(35-53(49)55)42-28-30-50-48-24-11-13-26-52(48)56(54(50)36-42)46-33-43(38-17-6-2-7-18-38)31-44(34-46)39-19-8-3-9-20-39/h1-33,35-36,46H,34H2. The average Bonchev–Trinajstić information content (AvgIpc) is 3.79. The third kappa shape index (κ3) is 5.41. The second-order valence-corrected chi connectivity index (χ2v) is 14.9. The molecule has 2 heteroatoms. The molecule has 264 valence electrons. The summed E-state index contributed by atoms with van der Waals surface area (Å²) in [5, 5.41) is 5.08. The van der Waals surface area contributed by atoms with Crippen LogP contribution in [0.5, 0.6) is 0 Å². The number of benzene rings is 8. The van der Waals surface area contributed by atoms with Crippen LogP contribution in [-0.4, -0.2) is 9.13 Å². The summed E-state index contributed by atoms with van der Waals surface area (Å²) in [6.45, 7) is 0. The number of aromatic nitrogens is 2. The van der Waals surface area contributed by atoms with E-state index in [1.165, 1.54) is 88.1 Å². The summed E-state index contributed by atoms with van der Waals surface area (Å²) < 4.78 is 5.03. The van der Waals surface area contributed by atoms with Gasteiger partial charge in [-0.1, -0.05) is 176 Å². The summed E-state index contributed by atoms with van der Waals surface area (Å²) in [5.41, 5.74) is 16.1. The van der Waals surface area contributed by atoms with Gasteiger partial charge in [-0.2, -0.15) is 0 Å². The molecule has 1 aliphatic rings. The molecule has 0 saturated carbocycles. The van der Waals surface area contributed by atoms with Crippen LogP contribution in [0.2, 0.25) is 0 Å². The predicted molar refractivity (Wildman–Crippen MR) is 237 cm³/mol. The molecule has 2 nitrogen and oxygen atoms in total. The van der Waals surface area contributed by atoms with Gasteiger partial charge in [-0.15, -0.1) is 0 Å². The van der Waals surface area contributed by atoms with E-state index in [9.17, 15) is 0 Å². The van der Waals surface area contributed by atoms with Crippen LogP contribution in [0.25, 0.3) is 82.7 Å². The van der Waals surface area contributed by atoms with Crippen molar-refractivity contribution in [2.24, 2.45) is 0 Å². The first kappa shape index (κ1) is 32.3. The number of nitrogens with zero attached hydrogens (tertiary/aromatic N) is 2. The van der Waals surface area contributed by atoms with Crippen LogP contribution in [0.15, 0.2) is 212 Å². The van der Waals surface area contributed by atoms with Crippen molar-refractivity contribution in [3.63, 3.8) is 0 Å². The van der Waals surface area contributed by atoms with E-state index in [0.717, 1.165) is 12.1 Å². The molecule has 1 atom stereocenters. The SMILES string of the molecule is C1=C(c2ccccc2)C=C(c2ccccc2)CC1n1c2ccccc2c2ccc(-c3ccc4c5ccccc5n(-c5cccc(-c6ccccc6)c5)c4c3)cc21. The lowest BCUT2D eigenvalue weighted by atomic mass is 9.88. The van der Waals surface area contributed by atoms with Gasteiger partial charge in [0.25, 0.3) is 0 Å². The summed E-state index contributed by atoms with van der Waals surface area (Å²) in [6.07, 6.45) is 5.78. The minimum absolute atomic E-state index is 0.130. The highest BCUT2D eigenvalue weighted by atomic mass is 15.0. The van der Waals surface area contributed by atoms with E-state index in [4.69, 9.17) is 0 Å². The third-order valence-electron chi connectivity index (χ3n) is 11.6. The predicted octanol–water partition coefficient (Wildman–Crippen LogP) is 14.3. The van der Waals surface area contributed by atoms with Crippen molar-refractivity contribution in [1.82, 2.24) is 9.13 Å². The smallest absolute Gasteiger partial charge is 0.0572 e. The van der Waals surface area contributed by atoms with Crippen molar-refractivity contribution in [1.29, 1.82) is 0 Å². The fraction of sp³-hybridized carbons (Fsp3) is 0.0370. The third-order valence-corrected chi connectivity index (χ3v) is 11.6. The molecular formula is C54H38N2. The molecule has 2 aromatic heterocycles. The molecule has 8 aromatic carbocycles. The molecule has 0 bridgehead atoms. The lowest BCUT2D eigenvalue weighted by Crippen LogP contribution is -2.11. The summed E-state index contributed by atoms with van der Waals surface area (Å²) in [6, 6.07) is 73.2. The number of fused-ring (bicyclic) bond motifs is 6. The highest BCUT2D eigenvalue weighted by molar-refractivity contribution is 6.12. The van der Waals surface area contributed by atoms with Gasteiger partial charge in [0.05, 0.1) is 22.6 Å². The maximum Gasteiger partial charge on any atom is 0.0572 e. The van der Waals surface area contributed by atoms with Crippen LogP contribution >= 0.6 is 0 Å². The van der Waals surface area contributed by atoms with E-state index in [2.05, 4.69) is 221 Å². The van der Waals surface area contributed by atoms with Crippen molar-refractivity contribution < 1.29 is 0 Å². The Morgan fingerprint density at radius 3 is 1.59 bits per heavy atom. The van der Waals surface area contributed by atoms with Gasteiger partial charge in [0, 0.05) is 32.7 Å². The van der Waals surface area contributed by atoms with Gasteiger partial charge in [0.2, 0.25) is 0 Å². The largest absolute Gasteiger partial charge is 0.333 e. The first-order chi connectivity index (χ1) is 27.8. The monoisotopic (exact) mass is 714 g/mol. The zero-order chi connectivity index (χ0) is 37.0. The summed E-state index contributed by atoms with van der Waals surface area (Å²) in [5.74, 6) is 0. The number of hydrogen-bond acceptors (Lipinski definition) is 0. The second-order valence-electron chi connectivity index (χ2n) is 14.9. The maximum absolute atomic E-state index is 2.59. The summed E-state index contributed by atoms with van der Waals surface area (Å²) in [7, 11) is 0. The topological polar surface area (TPSA) is 9.86 Å². The molecule has 11 rings (SSSR count).